The van der Waals surface area contributed by atoms with Crippen LogP contribution in [0.25, 0.3) is 0 Å². The quantitative estimate of drug-likeness (QED) is 0.758. The lowest BCUT2D eigenvalue weighted by Crippen LogP contribution is -2.30. The van der Waals surface area contributed by atoms with Gasteiger partial charge in [0, 0.05) is 24.3 Å². The summed E-state index contributed by atoms with van der Waals surface area (Å²) in [6.07, 6.45) is 1.01. The molecule has 1 fully saturated rings. The summed E-state index contributed by atoms with van der Waals surface area (Å²) in [6.45, 7) is 4.74. The molecule has 1 saturated heterocycles. The van der Waals surface area contributed by atoms with Gasteiger partial charge in [0.1, 0.15) is 6.10 Å². The van der Waals surface area contributed by atoms with E-state index in [-0.39, 0.29) is 30.3 Å². The second-order valence-corrected chi connectivity index (χ2v) is 5.44. The first kappa shape index (κ1) is 19.4. The topological polar surface area (TPSA) is 93.5 Å². The molecule has 1 aromatic carbocycles. The summed E-state index contributed by atoms with van der Waals surface area (Å²) < 4.78 is 5.58. The third-order valence-electron chi connectivity index (χ3n) is 3.75. The summed E-state index contributed by atoms with van der Waals surface area (Å²) in [7, 11) is 0. The minimum absolute atomic E-state index is 0. The number of nitrogens with two attached hydrogens (primary N) is 1. The predicted molar refractivity (Wildman–Crippen MR) is 92.0 cm³/mol. The summed E-state index contributed by atoms with van der Waals surface area (Å²) in [5.74, 6) is -0.279. The molecule has 0 aromatic heterocycles. The Bertz CT molecular complexity index is 566. The average Bonchev–Trinajstić information content (AvgIpc) is 2.98. The van der Waals surface area contributed by atoms with Crippen LogP contribution < -0.4 is 16.4 Å². The summed E-state index contributed by atoms with van der Waals surface area (Å²) in [4.78, 5) is 24.0. The zero-order valence-corrected chi connectivity index (χ0v) is 14.2. The van der Waals surface area contributed by atoms with Gasteiger partial charge in [0.05, 0.1) is 6.10 Å². The first-order valence-electron chi connectivity index (χ1n) is 7.60. The van der Waals surface area contributed by atoms with Crippen LogP contribution in [0.2, 0.25) is 0 Å². The van der Waals surface area contributed by atoms with Gasteiger partial charge in [-0.15, -0.1) is 12.4 Å². The molecule has 2 rings (SSSR count). The highest BCUT2D eigenvalue weighted by atomic mass is 35.5. The second-order valence-electron chi connectivity index (χ2n) is 5.44. The van der Waals surface area contributed by atoms with Crippen LogP contribution in [0.5, 0.6) is 0 Å². The number of halogens is 1. The SMILES string of the molecule is CCNC(=O)c1ccc(NC(=O)[C@@H]2CC[C@H](CN)O2)c(C)c1.Cl. The molecule has 4 N–H and O–H groups in total. The monoisotopic (exact) mass is 341 g/mol. The minimum atomic E-state index is -0.448. The van der Waals surface area contributed by atoms with Crippen LogP contribution in [-0.2, 0) is 9.53 Å². The Morgan fingerprint density at radius 2 is 2.09 bits per heavy atom. The number of aryl methyl sites for hydroxylation is 1. The van der Waals surface area contributed by atoms with Crippen LogP contribution >= 0.6 is 12.4 Å². The van der Waals surface area contributed by atoms with Gasteiger partial charge in [-0.05, 0) is 50.5 Å². The molecule has 0 bridgehead atoms. The van der Waals surface area contributed by atoms with Gasteiger partial charge >= 0.3 is 0 Å². The summed E-state index contributed by atoms with van der Waals surface area (Å²) in [6, 6.07) is 5.21. The molecule has 128 valence electrons. The van der Waals surface area contributed by atoms with Gasteiger partial charge in [0.2, 0.25) is 0 Å². The largest absolute Gasteiger partial charge is 0.364 e. The molecule has 1 aliphatic heterocycles. The molecule has 0 unspecified atom stereocenters. The van der Waals surface area contributed by atoms with Crippen LogP contribution in [0.3, 0.4) is 0 Å². The zero-order chi connectivity index (χ0) is 16.1. The first-order chi connectivity index (χ1) is 10.5. The van der Waals surface area contributed by atoms with Crippen molar-refractivity contribution in [2.45, 2.75) is 38.9 Å². The van der Waals surface area contributed by atoms with Crippen LogP contribution in [0, 0.1) is 6.92 Å². The zero-order valence-electron chi connectivity index (χ0n) is 13.4. The number of rotatable bonds is 5. The number of amides is 2. The number of benzene rings is 1. The molecule has 2 atom stereocenters. The van der Waals surface area contributed by atoms with E-state index in [1.54, 1.807) is 18.2 Å². The lowest BCUT2D eigenvalue weighted by atomic mass is 10.1. The molecule has 7 heteroatoms. The fourth-order valence-corrected chi connectivity index (χ4v) is 2.49. The summed E-state index contributed by atoms with van der Waals surface area (Å²) in [5, 5.41) is 5.61. The normalized spacial score (nSPS) is 19.8. The maximum absolute atomic E-state index is 12.2. The molecule has 2 amide bonds. The Balaban J connectivity index is 0.00000264. The van der Waals surface area contributed by atoms with Crippen molar-refractivity contribution in [1.82, 2.24) is 5.32 Å². The van der Waals surface area contributed by atoms with E-state index in [0.717, 1.165) is 12.0 Å². The van der Waals surface area contributed by atoms with Crippen LogP contribution in [0.4, 0.5) is 5.69 Å². The molecule has 1 heterocycles. The molecule has 0 radical (unpaired) electrons. The molecular formula is C16H24ClN3O3. The van der Waals surface area contributed by atoms with Crippen molar-refractivity contribution in [3.05, 3.63) is 29.3 Å². The number of carbonyl (C=O) groups is 2. The Labute approximate surface area is 142 Å². The average molecular weight is 342 g/mol. The first-order valence-corrected chi connectivity index (χ1v) is 7.60. The van der Waals surface area contributed by atoms with Crippen molar-refractivity contribution in [3.8, 4) is 0 Å². The van der Waals surface area contributed by atoms with E-state index in [0.29, 0.717) is 30.8 Å². The van der Waals surface area contributed by atoms with E-state index >= 15 is 0 Å². The van der Waals surface area contributed by atoms with E-state index in [1.807, 2.05) is 13.8 Å². The van der Waals surface area contributed by atoms with Gasteiger partial charge in [-0.25, -0.2) is 0 Å². The molecule has 6 nitrogen and oxygen atoms in total. The van der Waals surface area contributed by atoms with E-state index < -0.39 is 6.10 Å². The fourth-order valence-electron chi connectivity index (χ4n) is 2.49. The smallest absolute Gasteiger partial charge is 0.253 e. The third-order valence-corrected chi connectivity index (χ3v) is 3.75. The molecule has 0 aliphatic carbocycles. The molecule has 0 saturated carbocycles. The number of nitrogens with one attached hydrogen (secondary N) is 2. The van der Waals surface area contributed by atoms with Gasteiger partial charge in [-0.3, -0.25) is 9.59 Å². The van der Waals surface area contributed by atoms with Gasteiger partial charge in [0.25, 0.3) is 11.8 Å². The molecule has 1 aliphatic rings. The summed E-state index contributed by atoms with van der Waals surface area (Å²) in [5.41, 5.74) is 7.66. The van der Waals surface area contributed by atoms with Crippen molar-refractivity contribution in [1.29, 1.82) is 0 Å². The highest BCUT2D eigenvalue weighted by molar-refractivity contribution is 5.97. The minimum Gasteiger partial charge on any atom is -0.364 e. The van der Waals surface area contributed by atoms with Crippen molar-refractivity contribution < 1.29 is 14.3 Å². The Hall–Kier alpha value is -1.63. The highest BCUT2D eigenvalue weighted by Gasteiger charge is 2.30. The van der Waals surface area contributed by atoms with Gasteiger partial charge in [-0.2, -0.15) is 0 Å². The van der Waals surface area contributed by atoms with Crippen LogP contribution in [0.1, 0.15) is 35.7 Å². The molecule has 23 heavy (non-hydrogen) atoms. The number of hydrogen-bond donors (Lipinski definition) is 3. The van der Waals surface area contributed by atoms with E-state index in [1.165, 1.54) is 0 Å². The third kappa shape index (κ3) is 4.92. The van der Waals surface area contributed by atoms with Crippen molar-refractivity contribution in [2.75, 3.05) is 18.4 Å². The number of hydrogen-bond acceptors (Lipinski definition) is 4. The highest BCUT2D eigenvalue weighted by Crippen LogP contribution is 2.22. The second kappa shape index (κ2) is 8.86. The standard InChI is InChI=1S/C16H23N3O3.ClH/c1-3-18-15(20)11-4-6-13(10(2)8-11)19-16(21)14-7-5-12(9-17)22-14;/h4,6,8,12,14H,3,5,7,9,17H2,1-2H3,(H,18,20)(H,19,21);1H/t12-,14+;/m1./s1. The maximum atomic E-state index is 12.2. The van der Waals surface area contributed by atoms with Crippen molar-refractivity contribution in [2.24, 2.45) is 5.73 Å². The Morgan fingerprint density at radius 3 is 2.65 bits per heavy atom. The number of anilines is 1. The van der Waals surface area contributed by atoms with Gasteiger partial charge in [0.15, 0.2) is 0 Å². The van der Waals surface area contributed by atoms with Gasteiger partial charge < -0.3 is 21.1 Å². The molecule has 1 aromatic rings. The number of ether oxygens (including phenoxy) is 1. The Morgan fingerprint density at radius 1 is 1.35 bits per heavy atom. The van der Waals surface area contributed by atoms with Crippen LogP contribution in [-0.4, -0.2) is 37.1 Å². The maximum Gasteiger partial charge on any atom is 0.253 e. The fraction of sp³-hybridized carbons (Fsp3) is 0.500. The van der Waals surface area contributed by atoms with E-state index in [4.69, 9.17) is 10.5 Å². The predicted octanol–water partition coefficient (Wildman–Crippen LogP) is 1.61. The van der Waals surface area contributed by atoms with Gasteiger partial charge in [-0.1, -0.05) is 0 Å². The summed E-state index contributed by atoms with van der Waals surface area (Å²) >= 11 is 0. The van der Waals surface area contributed by atoms with Crippen molar-refractivity contribution in [3.63, 3.8) is 0 Å². The lowest BCUT2D eigenvalue weighted by Gasteiger charge is -2.14. The van der Waals surface area contributed by atoms with Crippen LogP contribution in [0.15, 0.2) is 18.2 Å². The van der Waals surface area contributed by atoms with E-state index in [2.05, 4.69) is 10.6 Å². The molecular weight excluding hydrogens is 318 g/mol. The van der Waals surface area contributed by atoms with Crippen molar-refractivity contribution >= 4 is 29.9 Å². The molecule has 0 spiro atoms. The van der Waals surface area contributed by atoms with E-state index in [9.17, 15) is 9.59 Å². The Kier molecular flexibility index (Phi) is 7.48. The number of carbonyl (C=O) groups excluding carboxylic acids is 2. The lowest BCUT2D eigenvalue weighted by molar-refractivity contribution is -0.126.